The smallest absolute Gasteiger partial charge is 0.330 e. The highest BCUT2D eigenvalue weighted by atomic mass is 16.5. The third kappa shape index (κ3) is 3.90. The molecule has 0 bridgehead atoms. The van der Waals surface area contributed by atoms with E-state index in [2.05, 4.69) is 9.97 Å². The van der Waals surface area contributed by atoms with Crippen molar-refractivity contribution in [3.05, 3.63) is 62.3 Å². The van der Waals surface area contributed by atoms with Gasteiger partial charge in [-0.15, -0.1) is 0 Å². The summed E-state index contributed by atoms with van der Waals surface area (Å²) in [5, 5.41) is 0.872. The van der Waals surface area contributed by atoms with Crippen molar-refractivity contribution in [3.63, 3.8) is 0 Å². The van der Waals surface area contributed by atoms with Gasteiger partial charge < -0.3 is 13.7 Å². The lowest BCUT2D eigenvalue weighted by molar-refractivity contribution is -0.144. The van der Waals surface area contributed by atoms with Gasteiger partial charge in [-0.3, -0.25) is 19.1 Å². The molecular formula is C22H24N4O5. The molecule has 0 saturated heterocycles. The molecule has 0 fully saturated rings. The molecule has 4 rings (SSSR count). The summed E-state index contributed by atoms with van der Waals surface area (Å²) < 4.78 is 13.9. The van der Waals surface area contributed by atoms with Crippen LogP contribution in [-0.2, 0) is 36.2 Å². The van der Waals surface area contributed by atoms with Crippen LogP contribution in [0, 0.1) is 6.92 Å². The van der Waals surface area contributed by atoms with Gasteiger partial charge in [0.1, 0.15) is 18.0 Å². The predicted octanol–water partition coefficient (Wildman–Crippen LogP) is 2.56. The number of benzene rings is 1. The molecule has 9 nitrogen and oxygen atoms in total. The zero-order valence-electron chi connectivity index (χ0n) is 17.7. The Balaban J connectivity index is 1.55. The number of fused-ring (bicyclic) bond motifs is 2. The van der Waals surface area contributed by atoms with Crippen molar-refractivity contribution in [3.8, 4) is 0 Å². The summed E-state index contributed by atoms with van der Waals surface area (Å²) in [5.41, 5.74) is 2.11. The summed E-state index contributed by atoms with van der Waals surface area (Å²) >= 11 is 0. The lowest BCUT2D eigenvalue weighted by Crippen LogP contribution is -2.31. The predicted molar refractivity (Wildman–Crippen MR) is 115 cm³/mol. The highest BCUT2D eigenvalue weighted by molar-refractivity contribution is 5.86. The minimum absolute atomic E-state index is 0.0573. The quantitative estimate of drug-likeness (QED) is 0.456. The molecule has 0 aliphatic heterocycles. The van der Waals surface area contributed by atoms with Crippen LogP contribution in [-0.4, -0.2) is 25.1 Å². The van der Waals surface area contributed by atoms with Crippen LogP contribution in [0.25, 0.3) is 22.1 Å². The fourth-order valence-corrected chi connectivity index (χ4v) is 3.62. The topological polar surface area (TPSA) is 112 Å². The first-order valence-electron chi connectivity index (χ1n) is 10.2. The number of unbranched alkanes of at least 4 members (excludes halogenated alkanes) is 1. The van der Waals surface area contributed by atoms with Gasteiger partial charge in [0.15, 0.2) is 11.2 Å². The first-order valence-corrected chi connectivity index (χ1v) is 10.2. The molecule has 3 aromatic heterocycles. The molecule has 0 radical (unpaired) electrons. The minimum atomic E-state index is -0.513. The van der Waals surface area contributed by atoms with Crippen LogP contribution in [0.5, 0.6) is 0 Å². The number of carbonyl (C=O) groups is 1. The number of aromatic amines is 1. The number of esters is 1. The third-order valence-corrected chi connectivity index (χ3v) is 5.35. The highest BCUT2D eigenvalue weighted by Gasteiger charge is 2.18. The molecule has 31 heavy (non-hydrogen) atoms. The van der Waals surface area contributed by atoms with Crippen LogP contribution in [0.2, 0.25) is 0 Å². The second-order valence-electron chi connectivity index (χ2n) is 7.62. The van der Waals surface area contributed by atoms with E-state index in [1.165, 1.54) is 4.57 Å². The van der Waals surface area contributed by atoms with E-state index >= 15 is 0 Å². The van der Waals surface area contributed by atoms with Crippen molar-refractivity contribution in [2.24, 2.45) is 7.05 Å². The average Bonchev–Trinajstić information content (AvgIpc) is 3.27. The zero-order valence-corrected chi connectivity index (χ0v) is 17.7. The van der Waals surface area contributed by atoms with Crippen molar-refractivity contribution >= 4 is 28.1 Å². The Morgan fingerprint density at radius 3 is 2.87 bits per heavy atom. The largest absolute Gasteiger partial charge is 0.464 e. The van der Waals surface area contributed by atoms with E-state index in [0.29, 0.717) is 18.0 Å². The summed E-state index contributed by atoms with van der Waals surface area (Å²) in [6.45, 7) is 4.33. The van der Waals surface area contributed by atoms with Gasteiger partial charge in [-0.2, -0.15) is 0 Å². The van der Waals surface area contributed by atoms with Crippen LogP contribution in [0.3, 0.4) is 0 Å². The van der Waals surface area contributed by atoms with Gasteiger partial charge >= 0.3 is 11.7 Å². The Labute approximate surface area is 177 Å². The number of ether oxygens (including phenoxy) is 1. The fraction of sp³-hybridized carbons (Fsp3) is 0.364. The van der Waals surface area contributed by atoms with Crippen molar-refractivity contribution in [2.45, 2.75) is 46.3 Å². The van der Waals surface area contributed by atoms with E-state index in [1.54, 1.807) is 17.9 Å². The third-order valence-electron chi connectivity index (χ3n) is 5.35. The Morgan fingerprint density at radius 2 is 2.10 bits per heavy atom. The average molecular weight is 424 g/mol. The van der Waals surface area contributed by atoms with Gasteiger partial charge in [0.05, 0.1) is 12.7 Å². The fourth-order valence-electron chi connectivity index (χ4n) is 3.62. The first kappa shape index (κ1) is 20.6. The Morgan fingerprint density at radius 1 is 1.29 bits per heavy atom. The van der Waals surface area contributed by atoms with Crippen molar-refractivity contribution in [2.75, 3.05) is 0 Å². The summed E-state index contributed by atoms with van der Waals surface area (Å²) in [6.07, 6.45) is 3.29. The van der Waals surface area contributed by atoms with Gasteiger partial charge in [0, 0.05) is 24.5 Å². The van der Waals surface area contributed by atoms with E-state index in [0.717, 1.165) is 34.9 Å². The maximum atomic E-state index is 12.4. The molecule has 0 aliphatic carbocycles. The monoisotopic (exact) mass is 424 g/mol. The Bertz CT molecular complexity index is 1390. The lowest BCUT2D eigenvalue weighted by atomic mass is 10.1. The summed E-state index contributed by atoms with van der Waals surface area (Å²) in [4.78, 5) is 43.7. The van der Waals surface area contributed by atoms with E-state index in [-0.39, 0.29) is 18.5 Å². The maximum absolute atomic E-state index is 12.4. The molecule has 0 aliphatic rings. The summed E-state index contributed by atoms with van der Waals surface area (Å²) in [6, 6.07) is 5.80. The molecule has 1 aromatic carbocycles. The standard InChI is InChI=1S/C22H24N4O5/c1-4-5-8-26-20-19(21(28)24-22(26)29)25(3)17(23-20)12-31-18(27)10-14-11-30-16-9-13(2)6-7-15(14)16/h6-7,9,11H,4-5,8,10,12H2,1-3H3,(H,24,28,29). The number of carbonyl (C=O) groups excluding carboxylic acids is 1. The molecule has 1 N–H and O–H groups in total. The number of aromatic nitrogens is 4. The Kier molecular flexibility index (Phi) is 5.50. The van der Waals surface area contributed by atoms with Gasteiger partial charge in [0.25, 0.3) is 5.56 Å². The van der Waals surface area contributed by atoms with Crippen LogP contribution in [0.4, 0.5) is 0 Å². The van der Waals surface area contributed by atoms with Gasteiger partial charge in [-0.1, -0.05) is 25.5 Å². The van der Waals surface area contributed by atoms with Crippen molar-refractivity contribution in [1.29, 1.82) is 0 Å². The van der Waals surface area contributed by atoms with Crippen LogP contribution >= 0.6 is 0 Å². The van der Waals surface area contributed by atoms with Crippen LogP contribution < -0.4 is 11.2 Å². The molecule has 0 atom stereocenters. The number of hydrogen-bond donors (Lipinski definition) is 1. The van der Waals surface area contributed by atoms with Crippen molar-refractivity contribution < 1.29 is 13.9 Å². The number of aryl methyl sites for hydroxylation is 3. The number of rotatable bonds is 7. The summed E-state index contributed by atoms with van der Waals surface area (Å²) in [5.74, 6) is -0.0509. The second kappa shape index (κ2) is 8.25. The molecular weight excluding hydrogens is 400 g/mol. The molecule has 9 heteroatoms. The number of nitrogens with one attached hydrogen (secondary N) is 1. The molecule has 0 unspecified atom stereocenters. The number of hydrogen-bond acceptors (Lipinski definition) is 6. The van der Waals surface area contributed by atoms with Gasteiger partial charge in [-0.05, 0) is 25.0 Å². The number of furan rings is 1. The van der Waals surface area contributed by atoms with Crippen molar-refractivity contribution in [1.82, 2.24) is 19.1 Å². The van der Waals surface area contributed by atoms with E-state index in [4.69, 9.17) is 9.15 Å². The van der Waals surface area contributed by atoms with Gasteiger partial charge in [-0.25, -0.2) is 9.78 Å². The SMILES string of the molecule is CCCCn1c(=O)[nH]c(=O)c2c1nc(COC(=O)Cc1coc3cc(C)ccc13)n2C. The van der Waals surface area contributed by atoms with Crippen LogP contribution in [0.1, 0.15) is 36.7 Å². The van der Waals surface area contributed by atoms with Crippen LogP contribution in [0.15, 0.2) is 38.5 Å². The number of H-pyrrole nitrogens is 1. The molecule has 162 valence electrons. The second-order valence-corrected chi connectivity index (χ2v) is 7.62. The first-order chi connectivity index (χ1) is 14.9. The normalized spacial score (nSPS) is 11.5. The highest BCUT2D eigenvalue weighted by Crippen LogP contribution is 2.23. The molecule has 4 aromatic rings. The molecule has 3 heterocycles. The molecule has 0 spiro atoms. The van der Waals surface area contributed by atoms with E-state index in [1.807, 2.05) is 32.0 Å². The summed E-state index contributed by atoms with van der Waals surface area (Å²) in [7, 11) is 1.66. The zero-order chi connectivity index (χ0) is 22.1. The molecule has 0 saturated carbocycles. The van der Waals surface area contributed by atoms with E-state index in [9.17, 15) is 14.4 Å². The lowest BCUT2D eigenvalue weighted by Gasteiger charge is -2.05. The maximum Gasteiger partial charge on any atom is 0.330 e. The van der Waals surface area contributed by atoms with E-state index < -0.39 is 17.2 Å². The van der Waals surface area contributed by atoms with Gasteiger partial charge in [0.2, 0.25) is 0 Å². The minimum Gasteiger partial charge on any atom is -0.464 e. The number of nitrogens with zero attached hydrogens (tertiary/aromatic N) is 3. The Hall–Kier alpha value is -3.62. The molecule has 0 amide bonds. The number of imidazole rings is 1.